The minimum atomic E-state index is -1.64. The van der Waals surface area contributed by atoms with E-state index in [1.807, 2.05) is 42.5 Å². The van der Waals surface area contributed by atoms with E-state index in [0.29, 0.717) is 6.54 Å². The van der Waals surface area contributed by atoms with E-state index in [1.165, 1.54) is 0 Å². The Bertz CT molecular complexity index is 1240. The first-order valence-corrected chi connectivity index (χ1v) is 10.8. The fourth-order valence-corrected chi connectivity index (χ4v) is 5.33. The molecule has 4 rings (SSSR count). The van der Waals surface area contributed by atoms with Crippen molar-refractivity contribution in [2.75, 3.05) is 26.7 Å². The second kappa shape index (κ2) is 8.39. The summed E-state index contributed by atoms with van der Waals surface area (Å²) in [6.07, 6.45) is 3.05. The van der Waals surface area contributed by atoms with Gasteiger partial charge in [0.1, 0.15) is 11.8 Å². The Kier molecular flexibility index (Phi) is 5.62. The molecule has 6 nitrogen and oxygen atoms in total. The van der Waals surface area contributed by atoms with Gasteiger partial charge in [0.2, 0.25) is 0 Å². The molecule has 0 radical (unpaired) electrons. The Balaban J connectivity index is 2.05. The number of hydrogen-bond donors (Lipinski definition) is 1. The van der Waals surface area contributed by atoms with E-state index in [-0.39, 0.29) is 17.2 Å². The normalized spacial score (nSPS) is 22.3. The molecule has 2 unspecified atom stereocenters. The van der Waals surface area contributed by atoms with E-state index in [9.17, 15) is 15.8 Å². The molecule has 1 heterocycles. The molecule has 0 bridgehead atoms. The fraction of sp³-hybridized carbons (Fsp3) is 0.346. The maximum Gasteiger partial charge on any atom is 0.191 e. The van der Waals surface area contributed by atoms with E-state index in [4.69, 9.17) is 10.5 Å². The predicted molar refractivity (Wildman–Crippen MR) is 122 cm³/mol. The molecular formula is C26H25N5O. The van der Waals surface area contributed by atoms with Crippen molar-refractivity contribution in [1.29, 1.82) is 15.8 Å². The highest BCUT2D eigenvalue weighted by Crippen LogP contribution is 2.55. The van der Waals surface area contributed by atoms with E-state index in [1.54, 1.807) is 7.11 Å². The van der Waals surface area contributed by atoms with Crippen molar-refractivity contribution in [3.8, 4) is 24.0 Å². The van der Waals surface area contributed by atoms with Crippen LogP contribution in [0.5, 0.6) is 5.75 Å². The predicted octanol–water partition coefficient (Wildman–Crippen LogP) is 3.98. The van der Waals surface area contributed by atoms with E-state index < -0.39 is 11.3 Å². The zero-order valence-corrected chi connectivity index (χ0v) is 18.3. The molecule has 32 heavy (non-hydrogen) atoms. The number of allylic oxidation sites excluding steroid dienone is 2. The molecule has 2 aromatic rings. The molecule has 0 saturated carbocycles. The summed E-state index contributed by atoms with van der Waals surface area (Å²) in [5.74, 6) is 0.0117. The maximum absolute atomic E-state index is 10.3. The largest absolute Gasteiger partial charge is 0.496 e. The monoisotopic (exact) mass is 423 g/mol. The molecule has 1 aliphatic heterocycles. The number of nitrogens with zero attached hydrogens (tertiary/aromatic N) is 4. The Morgan fingerprint density at radius 2 is 1.84 bits per heavy atom. The minimum Gasteiger partial charge on any atom is -0.496 e. The van der Waals surface area contributed by atoms with Crippen LogP contribution in [-0.2, 0) is 0 Å². The van der Waals surface area contributed by atoms with Gasteiger partial charge in [-0.15, -0.1) is 0 Å². The minimum absolute atomic E-state index is 0.0568. The summed E-state index contributed by atoms with van der Waals surface area (Å²) < 4.78 is 5.56. The van der Waals surface area contributed by atoms with Gasteiger partial charge in [0, 0.05) is 30.3 Å². The summed E-state index contributed by atoms with van der Waals surface area (Å²) in [5.41, 5.74) is 6.87. The zero-order valence-electron chi connectivity index (χ0n) is 18.3. The lowest BCUT2D eigenvalue weighted by Gasteiger charge is -2.46. The van der Waals surface area contributed by atoms with Crippen molar-refractivity contribution in [2.24, 2.45) is 17.1 Å². The molecule has 6 heteroatoms. The summed E-state index contributed by atoms with van der Waals surface area (Å²) in [6, 6.07) is 18.3. The first-order chi connectivity index (χ1) is 15.6. The Morgan fingerprint density at radius 3 is 2.47 bits per heavy atom. The second-order valence-electron chi connectivity index (χ2n) is 8.34. The van der Waals surface area contributed by atoms with Gasteiger partial charge in [0.15, 0.2) is 5.41 Å². The van der Waals surface area contributed by atoms with Crippen molar-refractivity contribution >= 4 is 10.8 Å². The van der Waals surface area contributed by atoms with Gasteiger partial charge in [-0.3, -0.25) is 4.90 Å². The van der Waals surface area contributed by atoms with Crippen LogP contribution in [0.3, 0.4) is 0 Å². The fourth-order valence-electron chi connectivity index (χ4n) is 5.33. The molecule has 0 amide bonds. The van der Waals surface area contributed by atoms with Gasteiger partial charge in [-0.25, -0.2) is 0 Å². The van der Waals surface area contributed by atoms with Crippen LogP contribution in [0.4, 0.5) is 0 Å². The van der Waals surface area contributed by atoms with Crippen molar-refractivity contribution in [3.63, 3.8) is 0 Å². The number of hydrogen-bond acceptors (Lipinski definition) is 6. The van der Waals surface area contributed by atoms with Crippen LogP contribution >= 0.6 is 0 Å². The molecule has 2 atom stereocenters. The van der Waals surface area contributed by atoms with Gasteiger partial charge in [0.25, 0.3) is 0 Å². The van der Waals surface area contributed by atoms with Gasteiger partial charge < -0.3 is 10.5 Å². The molecule has 1 aliphatic carbocycles. The summed E-state index contributed by atoms with van der Waals surface area (Å²) in [5, 5.41) is 32.4. The number of rotatable bonds is 4. The van der Waals surface area contributed by atoms with Gasteiger partial charge in [0.05, 0.1) is 30.5 Å². The molecule has 0 saturated heterocycles. The molecule has 2 aliphatic rings. The molecule has 2 N–H and O–H groups in total. The van der Waals surface area contributed by atoms with E-state index in [0.717, 1.165) is 47.2 Å². The number of benzene rings is 2. The average Bonchev–Trinajstić information content (AvgIpc) is 2.83. The molecule has 160 valence electrons. The number of fused-ring (bicyclic) bond motifs is 2. The van der Waals surface area contributed by atoms with E-state index in [2.05, 4.69) is 30.0 Å². The highest BCUT2D eigenvalue weighted by atomic mass is 16.5. The molecular weight excluding hydrogens is 398 g/mol. The summed E-state index contributed by atoms with van der Waals surface area (Å²) in [7, 11) is 1.63. The van der Waals surface area contributed by atoms with Crippen molar-refractivity contribution < 1.29 is 4.74 Å². The third-order valence-electron chi connectivity index (χ3n) is 6.75. The topological polar surface area (TPSA) is 110 Å². The third kappa shape index (κ3) is 3.02. The Hall–Kier alpha value is -3.79. The van der Waals surface area contributed by atoms with Crippen molar-refractivity contribution in [3.05, 3.63) is 64.9 Å². The maximum atomic E-state index is 10.3. The molecule has 0 spiro atoms. The van der Waals surface area contributed by atoms with Gasteiger partial charge in [-0.2, -0.15) is 15.8 Å². The van der Waals surface area contributed by atoms with Gasteiger partial charge in [-0.1, -0.05) is 43.3 Å². The third-order valence-corrected chi connectivity index (χ3v) is 6.75. The smallest absolute Gasteiger partial charge is 0.191 e. The van der Waals surface area contributed by atoms with Crippen molar-refractivity contribution in [2.45, 2.75) is 19.3 Å². The lowest BCUT2D eigenvalue weighted by Crippen LogP contribution is -2.48. The van der Waals surface area contributed by atoms with Crippen molar-refractivity contribution in [1.82, 2.24) is 4.90 Å². The highest BCUT2D eigenvalue weighted by Gasteiger charge is 2.54. The standard InChI is InChI=1S/C26H25N5O/c1-3-11-31-12-10-18-21(13-27)25(30)26(15-28,16-29)24(22(18)14-31)20-8-9-23(32-2)19-7-5-4-6-17(19)20/h4-10,22,24H,3,11-12,14,30H2,1-2H3. The second-order valence-corrected chi connectivity index (χ2v) is 8.34. The molecule has 0 fully saturated rings. The van der Waals surface area contributed by atoms with Crippen LogP contribution in [0.25, 0.3) is 10.8 Å². The molecule has 0 aromatic heterocycles. The van der Waals surface area contributed by atoms with Gasteiger partial charge in [-0.05, 0) is 35.6 Å². The van der Waals surface area contributed by atoms with Gasteiger partial charge >= 0.3 is 0 Å². The molecule has 2 aromatic carbocycles. The number of methoxy groups -OCH3 is 1. The summed E-state index contributed by atoms with van der Waals surface area (Å²) >= 11 is 0. The average molecular weight is 424 g/mol. The van der Waals surface area contributed by atoms with Crippen LogP contribution < -0.4 is 10.5 Å². The Morgan fingerprint density at radius 1 is 1.12 bits per heavy atom. The zero-order chi connectivity index (χ0) is 22.9. The SMILES string of the molecule is CCCN1CC=C2C(C#N)=C(N)C(C#N)(C#N)C(c3ccc(OC)c4ccccc34)C2C1. The lowest BCUT2D eigenvalue weighted by atomic mass is 9.57. The number of ether oxygens (including phenoxy) is 1. The van der Waals surface area contributed by atoms with Crippen LogP contribution in [0, 0.1) is 45.3 Å². The van der Waals surface area contributed by atoms with Crippen LogP contribution in [-0.4, -0.2) is 31.6 Å². The van der Waals surface area contributed by atoms with E-state index >= 15 is 0 Å². The highest BCUT2D eigenvalue weighted by molar-refractivity contribution is 5.92. The van der Waals surface area contributed by atoms with Crippen LogP contribution in [0.1, 0.15) is 24.8 Å². The van der Waals surface area contributed by atoms with Crippen LogP contribution in [0.2, 0.25) is 0 Å². The summed E-state index contributed by atoms with van der Waals surface area (Å²) in [6.45, 7) is 4.42. The number of nitrogens with two attached hydrogens (primary N) is 1. The quantitative estimate of drug-likeness (QED) is 0.796. The lowest BCUT2D eigenvalue weighted by molar-refractivity contribution is 0.208. The number of nitriles is 3. The first kappa shape index (κ1) is 21.4. The Labute approximate surface area is 188 Å². The first-order valence-electron chi connectivity index (χ1n) is 10.8. The van der Waals surface area contributed by atoms with Crippen LogP contribution in [0.15, 0.2) is 59.3 Å². The summed E-state index contributed by atoms with van der Waals surface area (Å²) in [4.78, 5) is 2.31.